The van der Waals surface area contributed by atoms with Crippen LogP contribution in [0, 0.1) is 5.92 Å². The summed E-state index contributed by atoms with van der Waals surface area (Å²) in [4.78, 5) is 0. The molecule has 0 aromatic heterocycles. The molecule has 14 heavy (non-hydrogen) atoms. The van der Waals surface area contributed by atoms with Gasteiger partial charge in [-0.05, 0) is 25.7 Å². The first-order valence-corrected chi connectivity index (χ1v) is 4.70. The predicted molar refractivity (Wildman–Crippen MR) is 61.6 cm³/mol. The summed E-state index contributed by atoms with van der Waals surface area (Å²) in [6, 6.07) is 0. The molecule has 0 spiro atoms. The molecule has 1 aliphatic rings. The Balaban J connectivity index is 2.82. The summed E-state index contributed by atoms with van der Waals surface area (Å²) in [5, 5.41) is 8.44. The van der Waals surface area contributed by atoms with Crippen LogP contribution in [-0.2, 0) is 0 Å². The molecule has 1 aliphatic carbocycles. The van der Waals surface area contributed by atoms with Gasteiger partial charge in [-0.3, -0.25) is 0 Å². The Labute approximate surface area is 89.9 Å². The average molecular weight is 182 g/mol. The minimum Gasteiger partial charge on any atom is -0.388 e. The molecule has 68 valence electrons. The van der Waals surface area contributed by atoms with Gasteiger partial charge >= 0.3 is 0 Å². The summed E-state index contributed by atoms with van der Waals surface area (Å²) < 4.78 is 0. The lowest BCUT2D eigenvalue weighted by atomic mass is 9.35. The molecule has 1 nitrogen and oxygen atoms in total. The lowest BCUT2D eigenvalue weighted by Gasteiger charge is -2.43. The molecule has 0 heterocycles. The zero-order valence-corrected chi connectivity index (χ0v) is 8.53. The normalized spacial score (nSPS) is 32.9. The van der Waals surface area contributed by atoms with Crippen LogP contribution in [0.5, 0.6) is 0 Å². The largest absolute Gasteiger partial charge is 0.388 e. The number of hydrogen-bond acceptors (Lipinski definition) is 1. The first-order valence-electron chi connectivity index (χ1n) is 4.70. The van der Waals surface area contributed by atoms with E-state index in [1.54, 1.807) is 6.08 Å². The number of rotatable bonds is 2. The van der Waals surface area contributed by atoms with Crippen LogP contribution in [0.3, 0.4) is 0 Å². The third-order valence-corrected chi connectivity index (χ3v) is 2.82. The van der Waals surface area contributed by atoms with Gasteiger partial charge in [-0.2, -0.15) is 0 Å². The smallest absolute Gasteiger partial charge is 0.0660 e. The highest BCUT2D eigenvalue weighted by molar-refractivity contribution is 6.60. The van der Waals surface area contributed by atoms with Crippen LogP contribution in [0.1, 0.15) is 19.8 Å². The zero-order chi connectivity index (χ0) is 11.0. The van der Waals surface area contributed by atoms with Crippen molar-refractivity contribution in [3.05, 3.63) is 24.3 Å². The van der Waals surface area contributed by atoms with Crippen LogP contribution in [0.4, 0.5) is 0 Å². The highest BCUT2D eigenvalue weighted by Gasteiger charge is 2.38. The lowest BCUT2D eigenvalue weighted by molar-refractivity contribution is 0.0715. The second kappa shape index (κ2) is 3.65. The summed E-state index contributed by atoms with van der Waals surface area (Å²) in [6.45, 7) is 5.82. The number of allylic oxidation sites excluding steroid dienone is 2. The van der Waals surface area contributed by atoms with Crippen LogP contribution in [0.15, 0.2) is 24.3 Å². The number of hydrogen-bond donors (Lipinski definition) is 1. The summed E-state index contributed by atoms with van der Waals surface area (Å²) in [5.74, 6) is 0.289. The van der Waals surface area contributed by atoms with Crippen LogP contribution in [0.2, 0.25) is 5.11 Å². The minimum atomic E-state index is -1.58. The SMILES string of the molecule is [B]C([B])([B])C1(O)C=CC(C(=C)C)CC1. The Bertz CT molecular complexity index is 267. The molecule has 0 saturated heterocycles. The van der Waals surface area contributed by atoms with Crippen LogP contribution in [0.25, 0.3) is 0 Å². The van der Waals surface area contributed by atoms with Gasteiger partial charge in [0.1, 0.15) is 0 Å². The van der Waals surface area contributed by atoms with Crippen LogP contribution < -0.4 is 0 Å². The van der Waals surface area contributed by atoms with E-state index < -0.39 is 10.7 Å². The fourth-order valence-electron chi connectivity index (χ4n) is 1.60. The first-order chi connectivity index (χ1) is 6.26. The molecule has 0 aromatic carbocycles. The fraction of sp³-hybridized carbons (Fsp3) is 0.600. The highest BCUT2D eigenvalue weighted by atomic mass is 16.3. The van der Waals surface area contributed by atoms with Crippen molar-refractivity contribution in [2.45, 2.75) is 30.5 Å². The van der Waals surface area contributed by atoms with E-state index in [1.807, 2.05) is 13.0 Å². The third kappa shape index (κ3) is 2.17. The van der Waals surface area contributed by atoms with Crippen LogP contribution in [-0.4, -0.2) is 34.2 Å². The molecular formula is C10H13B3O. The highest BCUT2D eigenvalue weighted by Crippen LogP contribution is 2.39. The Kier molecular flexibility index (Phi) is 3.06. The Morgan fingerprint density at radius 2 is 2.14 bits per heavy atom. The zero-order valence-electron chi connectivity index (χ0n) is 8.53. The molecule has 0 aliphatic heterocycles. The summed E-state index contributed by atoms with van der Waals surface area (Å²) >= 11 is 0. The summed E-state index contributed by atoms with van der Waals surface area (Å²) in [7, 11) is 16.5. The van der Waals surface area contributed by atoms with Crippen molar-refractivity contribution >= 4 is 23.5 Å². The monoisotopic (exact) mass is 182 g/mol. The Morgan fingerprint density at radius 3 is 2.43 bits per heavy atom. The van der Waals surface area contributed by atoms with Gasteiger partial charge in [0.25, 0.3) is 0 Å². The molecule has 0 fully saturated rings. The second-order valence-electron chi connectivity index (χ2n) is 4.21. The summed E-state index contributed by atoms with van der Waals surface area (Å²) in [5.41, 5.74) is -0.237. The molecule has 0 saturated carbocycles. The van der Waals surface area contributed by atoms with E-state index in [1.165, 1.54) is 0 Å². The molecule has 2 unspecified atom stereocenters. The van der Waals surface area contributed by atoms with Crippen molar-refractivity contribution in [2.75, 3.05) is 0 Å². The van der Waals surface area contributed by atoms with Gasteiger partial charge in [0.05, 0.1) is 29.1 Å². The van der Waals surface area contributed by atoms with Crippen molar-refractivity contribution in [2.24, 2.45) is 5.92 Å². The van der Waals surface area contributed by atoms with Crippen molar-refractivity contribution in [3.8, 4) is 0 Å². The molecule has 2 atom stereocenters. The minimum absolute atomic E-state index is 0.289. The number of aliphatic hydroxyl groups is 1. The van der Waals surface area contributed by atoms with E-state index in [0.29, 0.717) is 6.42 Å². The predicted octanol–water partition coefficient (Wildman–Crippen LogP) is 0.839. The standard InChI is InChI=1S/C10H13B3O/c1-7(2)8-3-5-9(14,6-4-8)10(11,12)13/h3,5,8,14H,1,4,6H2,2H3. The first kappa shape index (κ1) is 11.7. The molecule has 4 heteroatoms. The molecule has 0 aromatic rings. The second-order valence-corrected chi connectivity index (χ2v) is 4.21. The topological polar surface area (TPSA) is 20.2 Å². The third-order valence-electron chi connectivity index (χ3n) is 2.82. The van der Waals surface area contributed by atoms with E-state index in [2.05, 4.69) is 6.58 Å². The lowest BCUT2D eigenvalue weighted by Crippen LogP contribution is -2.44. The van der Waals surface area contributed by atoms with Gasteiger partial charge in [-0.25, -0.2) is 0 Å². The fourth-order valence-corrected chi connectivity index (χ4v) is 1.60. The van der Waals surface area contributed by atoms with E-state index in [4.69, 9.17) is 23.5 Å². The molecular weight excluding hydrogens is 169 g/mol. The van der Waals surface area contributed by atoms with Crippen LogP contribution >= 0.6 is 0 Å². The molecule has 1 N–H and O–H groups in total. The summed E-state index contributed by atoms with van der Waals surface area (Å²) in [6.07, 6.45) is 4.70. The van der Waals surface area contributed by atoms with Crippen molar-refractivity contribution < 1.29 is 5.11 Å². The Hall–Kier alpha value is -0.365. The van der Waals surface area contributed by atoms with Gasteiger partial charge in [0.2, 0.25) is 0 Å². The van der Waals surface area contributed by atoms with Gasteiger partial charge < -0.3 is 5.11 Å². The van der Waals surface area contributed by atoms with Crippen molar-refractivity contribution in [3.63, 3.8) is 0 Å². The maximum atomic E-state index is 10.0. The molecule has 0 bridgehead atoms. The Morgan fingerprint density at radius 1 is 1.57 bits per heavy atom. The van der Waals surface area contributed by atoms with Crippen molar-refractivity contribution in [1.29, 1.82) is 0 Å². The average Bonchev–Trinajstić information content (AvgIpc) is 2.03. The van der Waals surface area contributed by atoms with E-state index >= 15 is 0 Å². The maximum absolute atomic E-state index is 10.0. The van der Waals surface area contributed by atoms with Gasteiger partial charge in [-0.1, -0.05) is 29.4 Å². The molecule has 6 radical (unpaired) electrons. The maximum Gasteiger partial charge on any atom is 0.0660 e. The van der Waals surface area contributed by atoms with Gasteiger partial charge in [0, 0.05) is 0 Å². The van der Waals surface area contributed by atoms with Gasteiger partial charge in [-0.15, -0.1) is 0 Å². The van der Waals surface area contributed by atoms with Crippen molar-refractivity contribution in [1.82, 2.24) is 0 Å². The van der Waals surface area contributed by atoms with Gasteiger partial charge in [0.15, 0.2) is 0 Å². The molecule has 1 rings (SSSR count). The van der Waals surface area contributed by atoms with E-state index in [9.17, 15) is 5.11 Å². The molecule has 0 amide bonds. The van der Waals surface area contributed by atoms with E-state index in [-0.39, 0.29) is 5.92 Å². The quantitative estimate of drug-likeness (QED) is 0.495. The van der Waals surface area contributed by atoms with E-state index in [0.717, 1.165) is 12.0 Å².